The molecule has 4 atom stereocenters. The van der Waals surface area contributed by atoms with E-state index >= 15 is 0 Å². The van der Waals surface area contributed by atoms with Gasteiger partial charge in [-0.3, -0.25) is 24.2 Å². The van der Waals surface area contributed by atoms with E-state index in [2.05, 4.69) is 31.2 Å². The van der Waals surface area contributed by atoms with Gasteiger partial charge in [-0.05, 0) is 36.3 Å². The molecular formula is C31H41N7O6. The topological polar surface area (TPSA) is 183 Å². The van der Waals surface area contributed by atoms with Gasteiger partial charge in [0.2, 0.25) is 11.8 Å². The van der Waals surface area contributed by atoms with E-state index < -0.39 is 59.2 Å². The van der Waals surface area contributed by atoms with E-state index in [9.17, 15) is 29.1 Å². The van der Waals surface area contributed by atoms with Crippen LogP contribution in [-0.2, 0) is 14.4 Å². The Hall–Kier alpha value is -4.55. The van der Waals surface area contributed by atoms with Crippen LogP contribution in [0.2, 0.25) is 0 Å². The fourth-order valence-electron chi connectivity index (χ4n) is 5.76. The number of benzene rings is 1. The second-order valence-electron chi connectivity index (χ2n) is 12.5. The van der Waals surface area contributed by atoms with Crippen molar-refractivity contribution in [3.8, 4) is 0 Å². The van der Waals surface area contributed by atoms with Gasteiger partial charge in [-0.2, -0.15) is 0 Å². The third kappa shape index (κ3) is 8.29. The lowest BCUT2D eigenvalue weighted by atomic mass is 9.82. The average Bonchev–Trinajstić information content (AvgIpc) is 3.43. The number of hydrogen-bond donors (Lipinski definition) is 5. The molecule has 5 amide bonds. The van der Waals surface area contributed by atoms with Crippen LogP contribution in [0.15, 0.2) is 48.9 Å². The standard InChI is InChI=1S/C31H41N7O6/c1-31(2,3)25(37-27(40)24(19-10-6-4-7-11-19)36-26(39)22-16-32-14-15-33-22)28(41)35-23-18-38(17-21(23)29(42)43)30(44)34-20-12-8-5-9-13-20/h5,8-9,12-16,19,21,23-25H,4,6-7,10-11,17-18H2,1-3H3,(H,34,44)(H,35,41)(H,36,39)(H,37,40)(H,42,43)/t21?,23?,24-,25?/m0/s1. The lowest BCUT2D eigenvalue weighted by molar-refractivity contribution is -0.142. The predicted molar refractivity (Wildman–Crippen MR) is 161 cm³/mol. The Morgan fingerprint density at radius 2 is 1.64 bits per heavy atom. The quantitative estimate of drug-likeness (QED) is 0.288. The summed E-state index contributed by atoms with van der Waals surface area (Å²) in [7, 11) is 0. The molecule has 1 aliphatic heterocycles. The molecule has 1 saturated heterocycles. The molecular weight excluding hydrogens is 566 g/mol. The number of carboxylic acid groups (broad SMARTS) is 1. The van der Waals surface area contributed by atoms with Crippen LogP contribution in [0.4, 0.5) is 10.5 Å². The molecule has 0 radical (unpaired) electrons. The first kappa shape index (κ1) is 32.4. The Morgan fingerprint density at radius 1 is 0.932 bits per heavy atom. The van der Waals surface area contributed by atoms with Crippen molar-refractivity contribution in [1.82, 2.24) is 30.8 Å². The van der Waals surface area contributed by atoms with Gasteiger partial charge in [0.05, 0.1) is 18.2 Å². The zero-order chi connectivity index (χ0) is 31.9. The van der Waals surface area contributed by atoms with E-state index in [1.54, 1.807) is 45.0 Å². The van der Waals surface area contributed by atoms with Gasteiger partial charge < -0.3 is 31.3 Å². The number of para-hydroxylation sites is 1. The molecule has 1 aliphatic carbocycles. The second kappa shape index (κ2) is 14.3. The summed E-state index contributed by atoms with van der Waals surface area (Å²) in [6.07, 6.45) is 8.54. The van der Waals surface area contributed by atoms with Crippen molar-refractivity contribution >= 4 is 35.4 Å². The van der Waals surface area contributed by atoms with E-state index in [1.165, 1.54) is 23.5 Å². The minimum absolute atomic E-state index is 0.0228. The number of nitrogens with zero attached hydrogens (tertiary/aromatic N) is 3. The number of carbonyl (C=O) groups is 5. The number of hydrogen-bond acceptors (Lipinski definition) is 7. The third-order valence-electron chi connectivity index (χ3n) is 8.18. The summed E-state index contributed by atoms with van der Waals surface area (Å²) in [5, 5.41) is 21.1. The zero-order valence-corrected chi connectivity index (χ0v) is 25.3. The fraction of sp³-hybridized carbons (Fsp3) is 0.516. The first-order chi connectivity index (χ1) is 20.9. The smallest absolute Gasteiger partial charge is 0.321 e. The largest absolute Gasteiger partial charge is 0.481 e. The summed E-state index contributed by atoms with van der Waals surface area (Å²) < 4.78 is 0. The first-order valence-corrected chi connectivity index (χ1v) is 15.0. The molecule has 2 aliphatic rings. The number of likely N-dealkylation sites (tertiary alicyclic amines) is 1. The minimum Gasteiger partial charge on any atom is -0.481 e. The van der Waals surface area contributed by atoms with Crippen molar-refractivity contribution in [3.63, 3.8) is 0 Å². The Kier molecular flexibility index (Phi) is 10.5. The highest BCUT2D eigenvalue weighted by molar-refractivity contribution is 5.97. The van der Waals surface area contributed by atoms with Gasteiger partial charge in [-0.1, -0.05) is 58.2 Å². The number of anilines is 1. The van der Waals surface area contributed by atoms with Crippen molar-refractivity contribution in [2.24, 2.45) is 17.3 Å². The number of carbonyl (C=O) groups excluding carboxylic acids is 4. The molecule has 1 aromatic heterocycles. The van der Waals surface area contributed by atoms with Gasteiger partial charge >= 0.3 is 12.0 Å². The molecule has 13 nitrogen and oxygen atoms in total. The number of rotatable bonds is 9. The van der Waals surface area contributed by atoms with E-state index in [0.29, 0.717) is 5.69 Å². The van der Waals surface area contributed by atoms with Crippen LogP contribution < -0.4 is 21.3 Å². The van der Waals surface area contributed by atoms with Gasteiger partial charge in [0, 0.05) is 31.2 Å². The first-order valence-electron chi connectivity index (χ1n) is 15.0. The van der Waals surface area contributed by atoms with Crippen LogP contribution in [-0.4, -0.2) is 80.9 Å². The molecule has 2 aromatic rings. The molecule has 1 saturated carbocycles. The highest BCUT2D eigenvalue weighted by atomic mass is 16.4. The number of urea groups is 1. The van der Waals surface area contributed by atoms with E-state index in [-0.39, 0.29) is 24.7 Å². The molecule has 4 rings (SSSR count). The van der Waals surface area contributed by atoms with Gasteiger partial charge in [0.25, 0.3) is 5.91 Å². The van der Waals surface area contributed by atoms with Gasteiger partial charge in [0.1, 0.15) is 17.8 Å². The van der Waals surface area contributed by atoms with Crippen LogP contribution in [0.25, 0.3) is 0 Å². The van der Waals surface area contributed by atoms with Crippen LogP contribution in [0.5, 0.6) is 0 Å². The Balaban J connectivity index is 1.48. The summed E-state index contributed by atoms with van der Waals surface area (Å²) in [6.45, 7) is 5.24. The summed E-state index contributed by atoms with van der Waals surface area (Å²) >= 11 is 0. The highest BCUT2D eigenvalue weighted by Gasteiger charge is 2.44. The Bertz CT molecular complexity index is 1330. The van der Waals surface area contributed by atoms with Gasteiger partial charge in [-0.15, -0.1) is 0 Å². The maximum absolute atomic E-state index is 13.8. The number of nitrogens with one attached hydrogen (secondary N) is 4. The molecule has 0 bridgehead atoms. The molecule has 2 heterocycles. The molecule has 1 aromatic carbocycles. The Labute approximate surface area is 256 Å². The van der Waals surface area contributed by atoms with E-state index in [4.69, 9.17) is 0 Å². The molecule has 5 N–H and O–H groups in total. The number of carboxylic acids is 1. The van der Waals surface area contributed by atoms with Crippen LogP contribution in [0, 0.1) is 17.3 Å². The average molecular weight is 608 g/mol. The van der Waals surface area contributed by atoms with Crippen molar-refractivity contribution in [2.45, 2.75) is 71.0 Å². The molecule has 0 spiro atoms. The molecule has 2 fully saturated rings. The minimum atomic E-state index is -1.15. The number of aromatic nitrogens is 2. The van der Waals surface area contributed by atoms with Crippen molar-refractivity contribution in [1.29, 1.82) is 0 Å². The van der Waals surface area contributed by atoms with Crippen LogP contribution >= 0.6 is 0 Å². The van der Waals surface area contributed by atoms with Crippen molar-refractivity contribution in [3.05, 3.63) is 54.6 Å². The lowest BCUT2D eigenvalue weighted by Crippen LogP contribution is -2.61. The number of amides is 5. The summed E-state index contributed by atoms with van der Waals surface area (Å²) in [6, 6.07) is 5.46. The maximum atomic E-state index is 13.8. The second-order valence-corrected chi connectivity index (χ2v) is 12.5. The lowest BCUT2D eigenvalue weighted by Gasteiger charge is -2.35. The zero-order valence-electron chi connectivity index (χ0n) is 25.3. The van der Waals surface area contributed by atoms with Gasteiger partial charge in [0.15, 0.2) is 0 Å². The SMILES string of the molecule is CC(C)(C)C(NC(=O)[C@@H](NC(=O)c1cnccn1)C1CCCCC1)C(=O)NC1CN(C(=O)Nc2ccccc2)CC1C(=O)O. The third-order valence-corrected chi connectivity index (χ3v) is 8.18. The molecule has 44 heavy (non-hydrogen) atoms. The van der Waals surface area contributed by atoms with Crippen molar-refractivity contribution in [2.75, 3.05) is 18.4 Å². The van der Waals surface area contributed by atoms with Crippen molar-refractivity contribution < 1.29 is 29.1 Å². The normalized spacial score (nSPS) is 20.2. The predicted octanol–water partition coefficient (Wildman–Crippen LogP) is 2.42. The monoisotopic (exact) mass is 607 g/mol. The maximum Gasteiger partial charge on any atom is 0.321 e. The van der Waals surface area contributed by atoms with E-state index in [1.807, 2.05) is 6.07 Å². The highest BCUT2D eigenvalue weighted by Crippen LogP contribution is 2.28. The number of aliphatic carboxylic acids is 1. The van der Waals surface area contributed by atoms with Crippen LogP contribution in [0.3, 0.4) is 0 Å². The van der Waals surface area contributed by atoms with Gasteiger partial charge in [-0.25, -0.2) is 9.78 Å². The molecule has 236 valence electrons. The molecule has 13 heteroatoms. The summed E-state index contributed by atoms with van der Waals surface area (Å²) in [5.41, 5.74) is -0.132. The summed E-state index contributed by atoms with van der Waals surface area (Å²) in [4.78, 5) is 74.8. The Morgan fingerprint density at radius 3 is 2.25 bits per heavy atom. The van der Waals surface area contributed by atoms with E-state index in [0.717, 1.165) is 32.1 Å². The fourth-order valence-corrected chi connectivity index (χ4v) is 5.76. The summed E-state index contributed by atoms with van der Waals surface area (Å²) in [5.74, 6) is -3.94. The van der Waals surface area contributed by atoms with Crippen LogP contribution in [0.1, 0.15) is 63.4 Å². The molecule has 3 unspecified atom stereocenters.